The number of nitrogens with zero attached hydrogens (tertiary/aromatic N) is 1. The van der Waals surface area contributed by atoms with Gasteiger partial charge in [-0.3, -0.25) is 0 Å². The van der Waals surface area contributed by atoms with E-state index < -0.39 is 0 Å². The molecule has 0 aliphatic rings. The highest BCUT2D eigenvalue weighted by Gasteiger charge is 2.02. The molecule has 0 amide bonds. The monoisotopic (exact) mass is 193 g/mol. The molecule has 2 rings (SSSR count). The van der Waals surface area contributed by atoms with Crippen LogP contribution in [0.2, 0.25) is 5.15 Å². The van der Waals surface area contributed by atoms with Crippen molar-refractivity contribution in [1.29, 1.82) is 0 Å². The Morgan fingerprint density at radius 1 is 1.31 bits per heavy atom. The van der Waals surface area contributed by atoms with Gasteiger partial charge in [0, 0.05) is 5.39 Å². The lowest BCUT2D eigenvalue weighted by atomic mass is 10.1. The molecular weight excluding hydrogens is 186 g/mol. The number of pyridine rings is 1. The fraction of sp³-hybridized carbons (Fsp3) is 0.100. The third-order valence-corrected chi connectivity index (χ3v) is 2.13. The van der Waals surface area contributed by atoms with Gasteiger partial charge in [0.1, 0.15) is 5.15 Å². The predicted molar refractivity (Wildman–Crippen MR) is 52.7 cm³/mol. The number of aliphatic hydroxyl groups is 1. The summed E-state index contributed by atoms with van der Waals surface area (Å²) in [4.78, 5) is 4.04. The average Bonchev–Trinajstić information content (AvgIpc) is 2.16. The first kappa shape index (κ1) is 8.48. The van der Waals surface area contributed by atoms with Gasteiger partial charge in [-0.15, -0.1) is 0 Å². The molecule has 0 aliphatic carbocycles. The molecule has 0 unspecified atom stereocenters. The molecule has 0 radical (unpaired) electrons. The van der Waals surface area contributed by atoms with Crippen molar-refractivity contribution in [3.05, 3.63) is 41.2 Å². The summed E-state index contributed by atoms with van der Waals surface area (Å²) in [5, 5.41) is 11.4. The highest BCUT2D eigenvalue weighted by atomic mass is 35.5. The summed E-state index contributed by atoms with van der Waals surface area (Å²) in [7, 11) is 0. The quantitative estimate of drug-likeness (QED) is 0.706. The molecule has 2 aromatic rings. The van der Waals surface area contributed by atoms with Crippen LogP contribution in [-0.2, 0) is 6.61 Å². The van der Waals surface area contributed by atoms with Crippen LogP contribution in [0.4, 0.5) is 0 Å². The normalized spacial score (nSPS) is 10.6. The number of aliphatic hydroxyl groups excluding tert-OH is 1. The lowest BCUT2D eigenvalue weighted by Gasteiger charge is -2.02. The molecule has 0 atom stereocenters. The van der Waals surface area contributed by atoms with Gasteiger partial charge in [0.15, 0.2) is 0 Å². The second-order valence-corrected chi connectivity index (χ2v) is 3.16. The number of hydrogen-bond acceptors (Lipinski definition) is 2. The molecule has 0 saturated carbocycles. The van der Waals surface area contributed by atoms with E-state index in [1.807, 2.05) is 24.3 Å². The fourth-order valence-electron chi connectivity index (χ4n) is 1.36. The zero-order chi connectivity index (χ0) is 9.26. The first-order valence-electron chi connectivity index (χ1n) is 3.96. The van der Waals surface area contributed by atoms with Crippen molar-refractivity contribution < 1.29 is 5.11 Å². The topological polar surface area (TPSA) is 33.1 Å². The second-order valence-electron chi connectivity index (χ2n) is 2.77. The molecule has 1 N–H and O–H groups in total. The summed E-state index contributed by atoms with van der Waals surface area (Å²) in [5.74, 6) is 0. The number of halogens is 1. The second kappa shape index (κ2) is 3.32. The van der Waals surface area contributed by atoms with Crippen LogP contribution >= 0.6 is 11.6 Å². The Morgan fingerprint density at radius 2 is 2.08 bits per heavy atom. The van der Waals surface area contributed by atoms with Crippen LogP contribution in [0.25, 0.3) is 10.8 Å². The van der Waals surface area contributed by atoms with E-state index in [0.29, 0.717) is 10.8 Å². The van der Waals surface area contributed by atoms with E-state index in [2.05, 4.69) is 4.98 Å². The van der Waals surface area contributed by atoms with E-state index in [1.165, 1.54) is 0 Å². The molecule has 66 valence electrons. The van der Waals surface area contributed by atoms with Crippen LogP contribution < -0.4 is 0 Å². The van der Waals surface area contributed by atoms with E-state index in [1.54, 1.807) is 6.07 Å². The lowest BCUT2D eigenvalue weighted by Crippen LogP contribution is -1.91. The van der Waals surface area contributed by atoms with Gasteiger partial charge in [0.05, 0.1) is 12.3 Å². The Balaban J connectivity index is 2.81. The van der Waals surface area contributed by atoms with E-state index in [9.17, 15) is 0 Å². The van der Waals surface area contributed by atoms with Gasteiger partial charge >= 0.3 is 0 Å². The summed E-state index contributed by atoms with van der Waals surface area (Å²) in [6.45, 7) is -0.0823. The smallest absolute Gasteiger partial charge is 0.130 e. The third-order valence-electron chi connectivity index (χ3n) is 1.94. The number of hydrogen-bond donors (Lipinski definition) is 1. The van der Waals surface area contributed by atoms with Crippen molar-refractivity contribution in [2.45, 2.75) is 6.61 Å². The van der Waals surface area contributed by atoms with Crippen LogP contribution in [0.5, 0.6) is 0 Å². The maximum atomic E-state index is 9.04. The number of rotatable bonds is 1. The van der Waals surface area contributed by atoms with Crippen LogP contribution in [0.3, 0.4) is 0 Å². The molecule has 1 aromatic carbocycles. The average molecular weight is 194 g/mol. The van der Waals surface area contributed by atoms with E-state index in [4.69, 9.17) is 16.7 Å². The third kappa shape index (κ3) is 1.50. The summed E-state index contributed by atoms with van der Waals surface area (Å²) < 4.78 is 0. The largest absolute Gasteiger partial charge is 0.390 e. The Morgan fingerprint density at radius 3 is 2.85 bits per heavy atom. The van der Waals surface area contributed by atoms with E-state index in [0.717, 1.165) is 10.8 Å². The van der Waals surface area contributed by atoms with Crippen LogP contribution in [0.1, 0.15) is 5.69 Å². The zero-order valence-corrected chi connectivity index (χ0v) is 7.62. The zero-order valence-electron chi connectivity index (χ0n) is 6.87. The Kier molecular flexibility index (Phi) is 2.17. The van der Waals surface area contributed by atoms with Crippen molar-refractivity contribution >= 4 is 22.4 Å². The highest BCUT2D eigenvalue weighted by molar-refractivity contribution is 6.30. The Labute approximate surface area is 80.8 Å². The fourth-order valence-corrected chi connectivity index (χ4v) is 1.58. The van der Waals surface area contributed by atoms with Gasteiger partial charge in [0.25, 0.3) is 0 Å². The minimum Gasteiger partial charge on any atom is -0.390 e. The Bertz CT molecular complexity index is 442. The predicted octanol–water partition coefficient (Wildman–Crippen LogP) is 2.38. The molecule has 0 aliphatic heterocycles. The highest BCUT2D eigenvalue weighted by Crippen LogP contribution is 2.20. The Hall–Kier alpha value is -1.12. The molecule has 1 heterocycles. The maximum absolute atomic E-state index is 9.04. The van der Waals surface area contributed by atoms with Crippen LogP contribution in [-0.4, -0.2) is 10.1 Å². The molecule has 1 aromatic heterocycles. The van der Waals surface area contributed by atoms with Crippen molar-refractivity contribution in [1.82, 2.24) is 4.98 Å². The van der Waals surface area contributed by atoms with Crippen molar-refractivity contribution in [2.75, 3.05) is 0 Å². The molecule has 0 bridgehead atoms. The molecule has 0 fully saturated rings. The maximum Gasteiger partial charge on any atom is 0.130 e. The van der Waals surface area contributed by atoms with Gasteiger partial charge in [-0.05, 0) is 11.5 Å². The van der Waals surface area contributed by atoms with E-state index >= 15 is 0 Å². The van der Waals surface area contributed by atoms with Crippen molar-refractivity contribution in [3.8, 4) is 0 Å². The molecule has 2 nitrogen and oxygen atoms in total. The molecule has 13 heavy (non-hydrogen) atoms. The minimum absolute atomic E-state index is 0.0823. The van der Waals surface area contributed by atoms with Gasteiger partial charge < -0.3 is 5.11 Å². The molecular formula is C10H8ClNO. The summed E-state index contributed by atoms with van der Waals surface area (Å²) in [6, 6.07) is 9.50. The molecule has 3 heteroatoms. The molecule has 0 spiro atoms. The standard InChI is InChI=1S/C10H8ClNO/c11-10-5-7-3-1-2-4-8(7)9(6-13)12-10/h1-5,13H,6H2. The number of benzene rings is 1. The van der Waals surface area contributed by atoms with Gasteiger partial charge in [-0.25, -0.2) is 4.98 Å². The van der Waals surface area contributed by atoms with Gasteiger partial charge in [0.2, 0.25) is 0 Å². The van der Waals surface area contributed by atoms with Gasteiger partial charge in [-0.2, -0.15) is 0 Å². The van der Waals surface area contributed by atoms with Crippen LogP contribution in [0.15, 0.2) is 30.3 Å². The van der Waals surface area contributed by atoms with Crippen molar-refractivity contribution in [2.24, 2.45) is 0 Å². The first-order valence-corrected chi connectivity index (χ1v) is 4.34. The van der Waals surface area contributed by atoms with E-state index in [-0.39, 0.29) is 6.61 Å². The number of aromatic nitrogens is 1. The lowest BCUT2D eigenvalue weighted by molar-refractivity contribution is 0.278. The number of fused-ring (bicyclic) bond motifs is 1. The molecule has 0 saturated heterocycles. The SMILES string of the molecule is OCc1nc(Cl)cc2ccccc12. The first-order chi connectivity index (χ1) is 6.31. The summed E-state index contributed by atoms with van der Waals surface area (Å²) in [5.41, 5.74) is 0.628. The van der Waals surface area contributed by atoms with Crippen LogP contribution in [0, 0.1) is 0 Å². The minimum atomic E-state index is -0.0823. The summed E-state index contributed by atoms with van der Waals surface area (Å²) >= 11 is 5.78. The van der Waals surface area contributed by atoms with Gasteiger partial charge in [-0.1, -0.05) is 35.9 Å². The van der Waals surface area contributed by atoms with Crippen molar-refractivity contribution in [3.63, 3.8) is 0 Å². The summed E-state index contributed by atoms with van der Waals surface area (Å²) in [6.07, 6.45) is 0.